The van der Waals surface area contributed by atoms with E-state index in [0.717, 1.165) is 0 Å². The van der Waals surface area contributed by atoms with Crippen molar-refractivity contribution in [2.24, 2.45) is 0 Å². The summed E-state index contributed by atoms with van der Waals surface area (Å²) in [6, 6.07) is 0. The van der Waals surface area contributed by atoms with Crippen LogP contribution in [0.5, 0.6) is 0 Å². The van der Waals surface area contributed by atoms with Crippen molar-refractivity contribution in [2.75, 3.05) is 0 Å². The van der Waals surface area contributed by atoms with Gasteiger partial charge in [-0.1, -0.05) is 0 Å². The maximum Gasteiger partial charge on any atom is 0 e. The Morgan fingerprint density at radius 1 is 1.14 bits per heavy atom. The fraction of sp³-hybridized carbons (Fsp3) is 0. The van der Waals surface area contributed by atoms with Crippen LogP contribution in [0.25, 0.3) is 0 Å². The maximum atomic E-state index is 8.88. The van der Waals surface area contributed by atoms with Gasteiger partial charge in [0.2, 0.25) is 0 Å². The van der Waals surface area contributed by atoms with Gasteiger partial charge in [0.05, 0.1) is 0 Å². The molecule has 0 aliphatic rings. The molecule has 0 atom stereocenters. The molecule has 7 heteroatoms. The Bertz CT molecular complexity index is 57.8. The quantitative estimate of drug-likeness (QED) is 0.362. The van der Waals surface area contributed by atoms with Crippen LogP contribution in [-0.2, 0) is 4.57 Å². The molecule has 0 radical (unpaired) electrons. The minimum atomic E-state index is -4.64. The Balaban J connectivity index is -0.0000000800. The third-order valence-corrected chi connectivity index (χ3v) is 0. The second kappa shape index (κ2) is 6.81. The van der Waals surface area contributed by atoms with E-state index in [-0.39, 0.29) is 77.7 Å². The molecule has 4 nitrogen and oxygen atoms in total. The zero-order valence-corrected chi connectivity index (χ0v) is 5.71. The minimum absolute atomic E-state index is 0. The second-order valence-corrected chi connectivity index (χ2v) is 1.54. The SMILES string of the molecule is O=P(O)(O)O.[CaH2].[Gd]. The molecule has 7 heavy (non-hydrogen) atoms. The van der Waals surface area contributed by atoms with Gasteiger partial charge < -0.3 is 14.7 Å². The molecule has 0 saturated heterocycles. The van der Waals surface area contributed by atoms with Crippen LogP contribution in [0.3, 0.4) is 0 Å². The first-order valence-electron chi connectivity index (χ1n) is 0.783. The number of hydrogen-bond acceptors (Lipinski definition) is 1. The van der Waals surface area contributed by atoms with Crippen molar-refractivity contribution in [3.05, 3.63) is 0 Å². The van der Waals surface area contributed by atoms with E-state index < -0.39 is 7.82 Å². The third kappa shape index (κ3) is 53.7. The van der Waals surface area contributed by atoms with Gasteiger partial charge in [-0.05, 0) is 0 Å². The Hall–Kier alpha value is 2.69. The second-order valence-electron chi connectivity index (χ2n) is 0.513. The average Bonchev–Trinajstić information content (AvgIpc) is 0.722. The monoisotopic (exact) mass is 298 g/mol. The predicted molar refractivity (Wildman–Crippen MR) is 22.8 cm³/mol. The summed E-state index contributed by atoms with van der Waals surface area (Å²) >= 11 is 0. The van der Waals surface area contributed by atoms with Gasteiger partial charge in [0.15, 0.2) is 0 Å². The van der Waals surface area contributed by atoms with E-state index >= 15 is 0 Å². The van der Waals surface area contributed by atoms with E-state index in [1.165, 1.54) is 0 Å². The van der Waals surface area contributed by atoms with Crippen molar-refractivity contribution in [1.29, 1.82) is 0 Å². The Kier molecular flexibility index (Phi) is 15.9. The van der Waals surface area contributed by atoms with Crippen LogP contribution in [0.2, 0.25) is 0 Å². The molecule has 0 fully saturated rings. The van der Waals surface area contributed by atoms with Gasteiger partial charge in [0.1, 0.15) is 0 Å². The van der Waals surface area contributed by atoms with Crippen molar-refractivity contribution in [3.63, 3.8) is 0 Å². The molecule has 0 amide bonds. The van der Waals surface area contributed by atoms with E-state index in [4.69, 9.17) is 19.2 Å². The maximum absolute atomic E-state index is 8.88. The van der Waals surface area contributed by atoms with Gasteiger partial charge in [0.25, 0.3) is 0 Å². The fourth-order valence-electron chi connectivity index (χ4n) is 0. The molecule has 0 saturated carbocycles. The van der Waals surface area contributed by atoms with Gasteiger partial charge >= 0.3 is 45.6 Å². The molecule has 3 N–H and O–H groups in total. The van der Waals surface area contributed by atoms with Crippen LogP contribution in [0.15, 0.2) is 0 Å². The van der Waals surface area contributed by atoms with Crippen LogP contribution in [-0.4, -0.2) is 52.4 Å². The molecule has 0 aliphatic carbocycles. The summed E-state index contributed by atoms with van der Waals surface area (Å²) in [6.07, 6.45) is 0. The Morgan fingerprint density at radius 2 is 1.14 bits per heavy atom. The molecule has 0 aliphatic heterocycles. The van der Waals surface area contributed by atoms with Gasteiger partial charge in [0, 0.05) is 39.9 Å². The summed E-state index contributed by atoms with van der Waals surface area (Å²) in [4.78, 5) is 21.6. The first-order valence-corrected chi connectivity index (χ1v) is 2.35. The van der Waals surface area contributed by atoms with Gasteiger partial charge in [-0.15, -0.1) is 0 Å². The summed E-state index contributed by atoms with van der Waals surface area (Å²) < 4.78 is 8.88. The molecule has 0 bridgehead atoms. The largest absolute Gasteiger partial charge is 0 e. The molecule has 0 aromatic rings. The fourth-order valence-corrected chi connectivity index (χ4v) is 0. The Labute approximate surface area is 103 Å². The van der Waals surface area contributed by atoms with Crippen LogP contribution < -0.4 is 0 Å². The predicted octanol–water partition coefficient (Wildman–Crippen LogP) is -1.84. The molecule has 44 valence electrons. The molecule has 0 heterocycles. The number of rotatable bonds is 0. The van der Waals surface area contributed by atoms with E-state index in [2.05, 4.69) is 0 Å². The normalized spacial score (nSPS) is 8.43. The zero-order valence-electron chi connectivity index (χ0n) is 2.55. The molecular formula is H5CaGdO4P. The van der Waals surface area contributed by atoms with Crippen LogP contribution in [0.1, 0.15) is 0 Å². The van der Waals surface area contributed by atoms with Gasteiger partial charge in [-0.3, -0.25) is 0 Å². The van der Waals surface area contributed by atoms with Crippen LogP contribution in [0, 0.1) is 39.9 Å². The molecule has 0 aromatic heterocycles. The van der Waals surface area contributed by atoms with Crippen LogP contribution >= 0.6 is 7.82 Å². The molecule has 0 unspecified atom stereocenters. The van der Waals surface area contributed by atoms with Crippen molar-refractivity contribution in [2.45, 2.75) is 0 Å². The topological polar surface area (TPSA) is 77.8 Å². The molecular weight excluding hydrogens is 292 g/mol. The van der Waals surface area contributed by atoms with E-state index in [1.54, 1.807) is 0 Å². The van der Waals surface area contributed by atoms with E-state index in [9.17, 15) is 0 Å². The smallest absolute Gasteiger partial charge is 0 e. The third-order valence-electron chi connectivity index (χ3n) is 0. The molecule has 0 spiro atoms. The summed E-state index contributed by atoms with van der Waals surface area (Å²) in [7, 11) is -4.64. The van der Waals surface area contributed by atoms with Gasteiger partial charge in [-0.2, -0.15) is 0 Å². The van der Waals surface area contributed by atoms with Crippen molar-refractivity contribution >= 4 is 45.6 Å². The van der Waals surface area contributed by atoms with Crippen molar-refractivity contribution in [3.8, 4) is 0 Å². The number of phosphoric acid groups is 1. The first-order chi connectivity index (χ1) is 2.00. The first kappa shape index (κ1) is 16.4. The molecule has 0 aromatic carbocycles. The van der Waals surface area contributed by atoms with E-state index in [0.29, 0.717) is 0 Å². The standard InChI is InChI=1S/Ca.Gd.H3O4P.2H/c;;1-5(2,3)4;;/h;;(H3,1,2,3,4);;. The summed E-state index contributed by atoms with van der Waals surface area (Å²) in [5, 5.41) is 0. The number of hydrogen-bond donors (Lipinski definition) is 3. The van der Waals surface area contributed by atoms with Crippen LogP contribution in [0.4, 0.5) is 0 Å². The summed E-state index contributed by atoms with van der Waals surface area (Å²) in [5.41, 5.74) is 0. The molecule has 0 rings (SSSR count). The minimum Gasteiger partial charge on any atom is 0 e. The van der Waals surface area contributed by atoms with E-state index in [1.807, 2.05) is 0 Å². The van der Waals surface area contributed by atoms with Crippen molar-refractivity contribution < 1.29 is 59.2 Å². The average molecular weight is 297 g/mol. The summed E-state index contributed by atoms with van der Waals surface area (Å²) in [5.74, 6) is 0. The summed E-state index contributed by atoms with van der Waals surface area (Å²) in [6.45, 7) is 0. The zero-order chi connectivity index (χ0) is 4.50. The van der Waals surface area contributed by atoms with Gasteiger partial charge in [-0.25, -0.2) is 4.57 Å². The van der Waals surface area contributed by atoms with Crippen molar-refractivity contribution in [1.82, 2.24) is 0 Å². The Morgan fingerprint density at radius 3 is 1.14 bits per heavy atom.